The molecule has 2 nitrogen and oxygen atoms in total. The monoisotopic (exact) mass is 235 g/mol. The zero-order chi connectivity index (χ0) is 12.9. The van der Waals surface area contributed by atoms with E-state index in [1.54, 1.807) is 7.11 Å². The van der Waals surface area contributed by atoms with E-state index in [9.17, 15) is 0 Å². The summed E-state index contributed by atoms with van der Waals surface area (Å²) in [4.78, 5) is 0. The third-order valence-corrected chi connectivity index (χ3v) is 4.20. The normalized spacial score (nSPS) is 16.3. The van der Waals surface area contributed by atoms with Crippen LogP contribution in [0.1, 0.15) is 39.2 Å². The highest BCUT2D eigenvalue weighted by Crippen LogP contribution is 2.37. The molecule has 0 spiro atoms. The molecule has 0 aromatic heterocycles. The molecule has 0 saturated carbocycles. The standard InChI is InChI=1S/C15H25NO/c1-5-12(3)15(6-2,11-16)13-8-7-9-14(10-13)17-4/h7-10,12H,5-6,11,16H2,1-4H3. The van der Waals surface area contributed by atoms with Crippen LogP contribution >= 0.6 is 0 Å². The van der Waals surface area contributed by atoms with Gasteiger partial charge in [0.1, 0.15) is 5.75 Å². The van der Waals surface area contributed by atoms with Crippen LogP contribution in [0.4, 0.5) is 0 Å². The summed E-state index contributed by atoms with van der Waals surface area (Å²) in [6.45, 7) is 7.42. The van der Waals surface area contributed by atoms with Crippen LogP contribution in [0.2, 0.25) is 0 Å². The van der Waals surface area contributed by atoms with Gasteiger partial charge in [0, 0.05) is 12.0 Å². The van der Waals surface area contributed by atoms with Gasteiger partial charge < -0.3 is 10.5 Å². The van der Waals surface area contributed by atoms with E-state index in [1.807, 2.05) is 6.07 Å². The van der Waals surface area contributed by atoms with E-state index >= 15 is 0 Å². The maximum atomic E-state index is 6.08. The fourth-order valence-corrected chi connectivity index (χ4v) is 2.62. The van der Waals surface area contributed by atoms with Crippen LogP contribution in [0.3, 0.4) is 0 Å². The lowest BCUT2D eigenvalue weighted by atomic mass is 9.68. The van der Waals surface area contributed by atoms with E-state index < -0.39 is 0 Å². The Kier molecular flexibility index (Phi) is 5.01. The third kappa shape index (κ3) is 2.63. The molecule has 2 atom stereocenters. The zero-order valence-electron chi connectivity index (χ0n) is 11.5. The Balaban J connectivity index is 3.20. The quantitative estimate of drug-likeness (QED) is 0.820. The van der Waals surface area contributed by atoms with Crippen molar-refractivity contribution in [3.8, 4) is 5.75 Å². The average Bonchev–Trinajstić information content (AvgIpc) is 2.40. The van der Waals surface area contributed by atoms with Crippen molar-refractivity contribution in [1.82, 2.24) is 0 Å². The zero-order valence-corrected chi connectivity index (χ0v) is 11.5. The number of nitrogens with two attached hydrogens (primary N) is 1. The number of benzene rings is 1. The van der Waals surface area contributed by atoms with Gasteiger partial charge in [0.05, 0.1) is 7.11 Å². The second kappa shape index (κ2) is 6.06. The van der Waals surface area contributed by atoms with E-state index in [2.05, 4.69) is 39.0 Å². The van der Waals surface area contributed by atoms with Gasteiger partial charge in [-0.1, -0.05) is 39.3 Å². The van der Waals surface area contributed by atoms with Crippen molar-refractivity contribution >= 4 is 0 Å². The van der Waals surface area contributed by atoms with Crippen molar-refractivity contribution < 1.29 is 4.74 Å². The molecule has 96 valence electrons. The smallest absolute Gasteiger partial charge is 0.119 e. The predicted molar refractivity (Wildman–Crippen MR) is 73.5 cm³/mol. The van der Waals surface area contributed by atoms with Crippen LogP contribution in [-0.4, -0.2) is 13.7 Å². The van der Waals surface area contributed by atoms with Gasteiger partial charge in [-0.05, 0) is 30.0 Å². The molecule has 0 heterocycles. The Morgan fingerprint density at radius 3 is 2.53 bits per heavy atom. The average molecular weight is 235 g/mol. The van der Waals surface area contributed by atoms with Crippen molar-refractivity contribution in [1.29, 1.82) is 0 Å². The Labute approximate surface area is 105 Å². The van der Waals surface area contributed by atoms with Crippen molar-refractivity contribution in [3.63, 3.8) is 0 Å². The molecule has 0 aliphatic carbocycles. The van der Waals surface area contributed by atoms with Gasteiger partial charge in [-0.15, -0.1) is 0 Å². The first-order valence-corrected chi connectivity index (χ1v) is 6.49. The van der Waals surface area contributed by atoms with E-state index in [0.717, 1.165) is 18.6 Å². The summed E-state index contributed by atoms with van der Waals surface area (Å²) >= 11 is 0. The van der Waals surface area contributed by atoms with Crippen LogP contribution in [0.25, 0.3) is 0 Å². The second-order valence-corrected chi connectivity index (χ2v) is 4.76. The lowest BCUT2D eigenvalue weighted by molar-refractivity contribution is 0.275. The Morgan fingerprint density at radius 2 is 2.06 bits per heavy atom. The molecule has 1 aromatic carbocycles. The summed E-state index contributed by atoms with van der Waals surface area (Å²) in [5.74, 6) is 1.49. The summed E-state index contributed by atoms with van der Waals surface area (Å²) < 4.78 is 5.31. The Hall–Kier alpha value is -1.02. The minimum absolute atomic E-state index is 0.0727. The third-order valence-electron chi connectivity index (χ3n) is 4.20. The highest BCUT2D eigenvalue weighted by molar-refractivity contribution is 5.35. The number of hydrogen-bond donors (Lipinski definition) is 1. The van der Waals surface area contributed by atoms with Gasteiger partial charge in [0.15, 0.2) is 0 Å². The Morgan fingerprint density at radius 1 is 1.35 bits per heavy atom. The molecule has 2 unspecified atom stereocenters. The van der Waals surface area contributed by atoms with E-state index in [4.69, 9.17) is 10.5 Å². The molecule has 0 radical (unpaired) electrons. The molecule has 0 aliphatic rings. The highest BCUT2D eigenvalue weighted by Gasteiger charge is 2.34. The lowest BCUT2D eigenvalue weighted by Gasteiger charge is -2.38. The lowest BCUT2D eigenvalue weighted by Crippen LogP contribution is -2.40. The summed E-state index contributed by atoms with van der Waals surface area (Å²) in [6, 6.07) is 8.33. The minimum atomic E-state index is 0.0727. The van der Waals surface area contributed by atoms with Crippen molar-refractivity contribution in [2.75, 3.05) is 13.7 Å². The van der Waals surface area contributed by atoms with E-state index in [0.29, 0.717) is 12.5 Å². The number of rotatable bonds is 6. The maximum Gasteiger partial charge on any atom is 0.119 e. The molecule has 0 amide bonds. The van der Waals surface area contributed by atoms with Gasteiger partial charge in [-0.25, -0.2) is 0 Å². The second-order valence-electron chi connectivity index (χ2n) is 4.76. The van der Waals surface area contributed by atoms with Gasteiger partial charge in [-0.3, -0.25) is 0 Å². The van der Waals surface area contributed by atoms with Crippen LogP contribution in [0.5, 0.6) is 5.75 Å². The van der Waals surface area contributed by atoms with Crippen LogP contribution in [0, 0.1) is 5.92 Å². The number of ether oxygens (including phenoxy) is 1. The van der Waals surface area contributed by atoms with Crippen LogP contribution in [-0.2, 0) is 5.41 Å². The van der Waals surface area contributed by atoms with E-state index in [1.165, 1.54) is 5.56 Å². The fraction of sp³-hybridized carbons (Fsp3) is 0.600. The molecular weight excluding hydrogens is 210 g/mol. The summed E-state index contributed by atoms with van der Waals surface area (Å²) in [5, 5.41) is 0. The van der Waals surface area contributed by atoms with Gasteiger partial charge >= 0.3 is 0 Å². The molecule has 2 N–H and O–H groups in total. The van der Waals surface area contributed by atoms with Crippen LogP contribution < -0.4 is 10.5 Å². The number of methoxy groups -OCH3 is 1. The van der Waals surface area contributed by atoms with Crippen molar-refractivity contribution in [2.45, 2.75) is 39.0 Å². The maximum absolute atomic E-state index is 6.08. The minimum Gasteiger partial charge on any atom is -0.497 e. The first-order valence-electron chi connectivity index (χ1n) is 6.49. The fourth-order valence-electron chi connectivity index (χ4n) is 2.62. The van der Waals surface area contributed by atoms with Gasteiger partial charge in [0.25, 0.3) is 0 Å². The van der Waals surface area contributed by atoms with Gasteiger partial charge in [0.2, 0.25) is 0 Å². The predicted octanol–water partition coefficient (Wildman–Crippen LogP) is 3.35. The molecule has 17 heavy (non-hydrogen) atoms. The van der Waals surface area contributed by atoms with Crippen LogP contribution in [0.15, 0.2) is 24.3 Å². The van der Waals surface area contributed by atoms with E-state index in [-0.39, 0.29) is 5.41 Å². The topological polar surface area (TPSA) is 35.2 Å². The first kappa shape index (κ1) is 14.0. The molecule has 1 rings (SSSR count). The number of hydrogen-bond acceptors (Lipinski definition) is 2. The summed E-state index contributed by atoms with van der Waals surface area (Å²) in [7, 11) is 1.71. The van der Waals surface area contributed by atoms with Crippen molar-refractivity contribution in [3.05, 3.63) is 29.8 Å². The Bertz CT molecular complexity index is 345. The SMILES string of the molecule is CCC(C)C(CC)(CN)c1cccc(OC)c1. The molecule has 0 saturated heterocycles. The molecular formula is C15H25NO. The van der Waals surface area contributed by atoms with Crippen molar-refractivity contribution in [2.24, 2.45) is 11.7 Å². The highest BCUT2D eigenvalue weighted by atomic mass is 16.5. The largest absolute Gasteiger partial charge is 0.497 e. The molecule has 2 heteroatoms. The summed E-state index contributed by atoms with van der Waals surface area (Å²) in [5.41, 5.74) is 7.45. The first-order chi connectivity index (χ1) is 8.14. The summed E-state index contributed by atoms with van der Waals surface area (Å²) in [6.07, 6.45) is 2.20. The molecule has 1 aromatic rings. The van der Waals surface area contributed by atoms with Gasteiger partial charge in [-0.2, -0.15) is 0 Å². The molecule has 0 fully saturated rings. The molecule has 0 bridgehead atoms. The molecule has 0 aliphatic heterocycles.